The van der Waals surface area contributed by atoms with Gasteiger partial charge in [-0.3, -0.25) is 0 Å². The van der Waals surface area contributed by atoms with E-state index < -0.39 is 0 Å². The van der Waals surface area contributed by atoms with E-state index in [1.165, 1.54) is 96.7 Å². The maximum Gasteiger partial charge on any atom is 0.253 e. The molecule has 0 spiro atoms. The van der Waals surface area contributed by atoms with Gasteiger partial charge in [0.15, 0.2) is 11.5 Å². The summed E-state index contributed by atoms with van der Waals surface area (Å²) in [7, 11) is 0. The molecule has 14 aromatic rings. The first-order valence-electron chi connectivity index (χ1n) is 32.3. The molecular formula is C84H57B2N3O2S2. The van der Waals surface area contributed by atoms with Crippen molar-refractivity contribution >= 4 is 126 Å². The van der Waals surface area contributed by atoms with Crippen molar-refractivity contribution in [1.29, 1.82) is 0 Å². The fourth-order valence-corrected chi connectivity index (χ4v) is 19.8. The van der Waals surface area contributed by atoms with E-state index >= 15 is 0 Å². The summed E-state index contributed by atoms with van der Waals surface area (Å²) in [6.45, 7) is 9.43. The second-order valence-electron chi connectivity index (χ2n) is 26.6. The normalized spacial score (nSPS) is 14.7. The number of aromatic nitrogens is 1. The molecule has 13 aromatic carbocycles. The lowest BCUT2D eigenvalue weighted by atomic mass is 9.32. The summed E-state index contributed by atoms with van der Waals surface area (Å²) < 4.78 is 18.5. The quantitative estimate of drug-likeness (QED) is 0.148. The number of hydrogen-bond donors (Lipinski definition) is 0. The van der Waals surface area contributed by atoms with Gasteiger partial charge in [-0.25, -0.2) is 0 Å². The van der Waals surface area contributed by atoms with Gasteiger partial charge in [0, 0.05) is 75.3 Å². The molecule has 9 heteroatoms. The summed E-state index contributed by atoms with van der Waals surface area (Å²) in [5.74, 6) is 3.42. The Morgan fingerprint density at radius 1 is 0.344 bits per heavy atom. The molecule has 0 fully saturated rings. The van der Waals surface area contributed by atoms with Crippen molar-refractivity contribution in [2.45, 2.75) is 58.1 Å². The monoisotopic (exact) mass is 1230 g/mol. The van der Waals surface area contributed by atoms with Gasteiger partial charge in [-0.2, -0.15) is 0 Å². The number of rotatable bonds is 7. The summed E-state index contributed by atoms with van der Waals surface area (Å²) in [6.07, 6.45) is 0. The van der Waals surface area contributed by atoms with Crippen molar-refractivity contribution in [2.75, 3.05) is 9.80 Å². The summed E-state index contributed by atoms with van der Waals surface area (Å²) >= 11 is 3.84. The molecule has 438 valence electrons. The van der Waals surface area contributed by atoms with Gasteiger partial charge in [0.1, 0.15) is 17.2 Å². The molecule has 93 heavy (non-hydrogen) atoms. The van der Waals surface area contributed by atoms with Crippen LogP contribution in [0.2, 0.25) is 0 Å². The van der Waals surface area contributed by atoms with Crippen LogP contribution in [-0.2, 0) is 10.8 Å². The minimum Gasteiger partial charge on any atom is -0.456 e. The summed E-state index contributed by atoms with van der Waals surface area (Å²) in [4.78, 5) is 9.89. The van der Waals surface area contributed by atoms with Gasteiger partial charge in [-0.15, -0.1) is 0 Å². The van der Waals surface area contributed by atoms with Crippen molar-refractivity contribution in [3.8, 4) is 50.9 Å². The molecule has 0 amide bonds. The minimum atomic E-state index is -0.367. The van der Waals surface area contributed by atoms with Crippen LogP contribution >= 0.6 is 23.5 Å². The topological polar surface area (TPSA) is 29.9 Å². The van der Waals surface area contributed by atoms with Crippen molar-refractivity contribution in [3.05, 3.63) is 295 Å². The van der Waals surface area contributed by atoms with Crippen LogP contribution in [0.25, 0.3) is 49.7 Å². The van der Waals surface area contributed by atoms with Gasteiger partial charge in [0.2, 0.25) is 0 Å². The Kier molecular flexibility index (Phi) is 11.3. The molecule has 0 unspecified atom stereocenters. The Morgan fingerprint density at radius 3 is 1.12 bits per heavy atom. The van der Waals surface area contributed by atoms with Gasteiger partial charge in [-0.1, -0.05) is 226 Å². The van der Waals surface area contributed by atoms with E-state index in [0.717, 1.165) is 84.8 Å². The van der Waals surface area contributed by atoms with Crippen molar-refractivity contribution in [3.63, 3.8) is 0 Å². The molecule has 0 N–H and O–H groups in total. The molecule has 0 saturated carbocycles. The van der Waals surface area contributed by atoms with Gasteiger partial charge >= 0.3 is 0 Å². The largest absolute Gasteiger partial charge is 0.456 e. The lowest BCUT2D eigenvalue weighted by Crippen LogP contribution is -2.62. The maximum absolute atomic E-state index is 8.02. The fourth-order valence-electron chi connectivity index (χ4n) is 16.9. The Balaban J connectivity index is 0.830. The highest BCUT2D eigenvalue weighted by Gasteiger charge is 2.52. The Hall–Kier alpha value is -10.3. The fraction of sp³-hybridized carbons (Fsp3) is 0.0714. The van der Waals surface area contributed by atoms with Crippen LogP contribution < -0.4 is 52.1 Å². The zero-order valence-electron chi connectivity index (χ0n) is 51.6. The predicted octanol–water partition coefficient (Wildman–Crippen LogP) is 18.5. The molecule has 1 aromatic heterocycles. The van der Waals surface area contributed by atoms with E-state index in [-0.39, 0.29) is 24.3 Å². The van der Waals surface area contributed by atoms with E-state index in [0.29, 0.717) is 0 Å². The Morgan fingerprint density at radius 2 is 0.710 bits per heavy atom. The Labute approximate surface area is 550 Å². The number of benzene rings is 13. The maximum atomic E-state index is 8.02. The number of para-hydroxylation sites is 6. The van der Waals surface area contributed by atoms with E-state index in [2.05, 4.69) is 315 Å². The van der Waals surface area contributed by atoms with Crippen LogP contribution in [0.1, 0.15) is 49.9 Å². The molecular weight excluding hydrogens is 1170 g/mol. The first-order valence-corrected chi connectivity index (χ1v) is 33.9. The van der Waals surface area contributed by atoms with Crippen LogP contribution in [0.15, 0.2) is 293 Å². The smallest absolute Gasteiger partial charge is 0.253 e. The van der Waals surface area contributed by atoms with Crippen LogP contribution in [0.4, 0.5) is 34.1 Å². The summed E-state index contributed by atoms with van der Waals surface area (Å²) in [6, 6.07) is 101. The van der Waals surface area contributed by atoms with Gasteiger partial charge in [0.05, 0.1) is 11.0 Å². The number of nitrogens with zero attached hydrogens (tertiary/aromatic N) is 3. The number of ether oxygens (including phenoxy) is 2. The average Bonchev–Trinajstić information content (AvgIpc) is 1.67. The third-order valence-corrected chi connectivity index (χ3v) is 23.3. The van der Waals surface area contributed by atoms with Crippen molar-refractivity contribution in [2.24, 2.45) is 0 Å². The van der Waals surface area contributed by atoms with E-state index in [9.17, 15) is 0 Å². The lowest BCUT2D eigenvalue weighted by molar-refractivity contribution is 0.461. The number of fused-ring (bicyclic) bond motifs is 19. The van der Waals surface area contributed by atoms with Crippen LogP contribution in [0, 0.1) is 0 Å². The highest BCUT2D eigenvalue weighted by atomic mass is 32.2. The van der Waals surface area contributed by atoms with Crippen molar-refractivity contribution < 1.29 is 9.47 Å². The van der Waals surface area contributed by atoms with Gasteiger partial charge in [-0.05, 0) is 176 Å². The van der Waals surface area contributed by atoms with E-state index in [4.69, 9.17) is 9.47 Å². The highest BCUT2D eigenvalue weighted by molar-refractivity contribution is 8.00. The molecule has 0 saturated heterocycles. The Bertz CT molecular complexity index is 5140. The van der Waals surface area contributed by atoms with E-state index in [1.807, 2.05) is 23.5 Å². The van der Waals surface area contributed by atoms with Crippen molar-refractivity contribution in [1.82, 2.24) is 4.57 Å². The number of anilines is 6. The standard InChI is InChI=1S/C84H57B2N3O2S2/c1-83(2)62-45-54(87(50-25-9-5-10-26-50)51-27-11-6-12-28-51)41-43-56(62)60-47-70-76-81(74(60)83)92-72-39-23-19-35-64(72)85(76)66-49-67-80(78(79(66)90-70)89-68-37-21-17-33-58(68)59-34-18-22-38-69(59)89)91-71-48-61-57-44-42-55(88(52-29-13-7-14-30-52)53-31-15-8-16-32-53)46-63(57)84(3,4)75(61)82-77(71)86(67)65-36-20-24-40-73(65)93-82/h5-49H,1-4H3. The van der Waals surface area contributed by atoms with Crippen LogP contribution in [0.3, 0.4) is 0 Å². The second-order valence-corrected chi connectivity index (χ2v) is 28.7. The second kappa shape index (κ2) is 19.6. The average molecular weight is 1230 g/mol. The summed E-state index contributed by atoms with van der Waals surface area (Å²) in [5.41, 5.74) is 26.7. The lowest BCUT2D eigenvalue weighted by Gasteiger charge is -2.40. The predicted molar refractivity (Wildman–Crippen MR) is 389 cm³/mol. The molecule has 0 radical (unpaired) electrons. The minimum absolute atomic E-state index is 0.163. The van der Waals surface area contributed by atoms with Gasteiger partial charge in [0.25, 0.3) is 13.4 Å². The molecule has 5 nitrogen and oxygen atoms in total. The first-order chi connectivity index (χ1) is 45.7. The zero-order chi connectivity index (χ0) is 61.6. The summed E-state index contributed by atoms with van der Waals surface area (Å²) in [5, 5.41) is 2.36. The SMILES string of the molecule is CC1(C)c2cc(N(c3ccccc3)c3ccccc3)ccc2-c2cc3c4c(c21)Sc1ccccc1B4c1cc2c(c(-n4c5ccccc5c5ccccc54)c1O3)Oc1cc3c(c4c1B2c1ccccc1S4)C(C)(C)c1cc(N(c2ccccc2)c2ccccc2)ccc1-3. The molecule has 6 aliphatic rings. The van der Waals surface area contributed by atoms with Gasteiger partial charge < -0.3 is 23.8 Å². The first kappa shape index (κ1) is 53.4. The molecule has 5 heterocycles. The third-order valence-electron chi connectivity index (χ3n) is 20.9. The zero-order valence-corrected chi connectivity index (χ0v) is 53.2. The molecule has 4 aliphatic heterocycles. The number of hydrogen-bond acceptors (Lipinski definition) is 6. The van der Waals surface area contributed by atoms with E-state index in [1.54, 1.807) is 0 Å². The molecule has 20 rings (SSSR count). The highest BCUT2D eigenvalue weighted by Crippen LogP contribution is 2.60. The molecule has 0 atom stereocenters. The molecule has 0 bridgehead atoms. The third kappa shape index (κ3) is 7.46. The molecule has 2 aliphatic carbocycles. The van der Waals surface area contributed by atoms with Crippen LogP contribution in [-0.4, -0.2) is 18.0 Å². The van der Waals surface area contributed by atoms with Crippen LogP contribution in [0.5, 0.6) is 23.0 Å².